The lowest BCUT2D eigenvalue weighted by Crippen LogP contribution is -2.13. The van der Waals surface area contributed by atoms with Crippen LogP contribution < -0.4 is 10.5 Å². The van der Waals surface area contributed by atoms with Crippen molar-refractivity contribution in [2.75, 3.05) is 0 Å². The maximum atomic E-state index is 13.0. The minimum atomic E-state index is -0.259. The predicted molar refractivity (Wildman–Crippen MR) is 72.9 cm³/mol. The van der Waals surface area contributed by atoms with Crippen molar-refractivity contribution in [3.05, 3.63) is 65.0 Å². The zero-order valence-electron chi connectivity index (χ0n) is 10.6. The molecule has 0 atom stereocenters. The van der Waals surface area contributed by atoms with E-state index in [0.717, 1.165) is 11.1 Å². The van der Waals surface area contributed by atoms with Crippen molar-refractivity contribution in [2.24, 2.45) is 5.73 Å². The van der Waals surface area contributed by atoms with Crippen LogP contribution in [0.2, 0.25) is 0 Å². The third-order valence-electron chi connectivity index (χ3n) is 2.87. The van der Waals surface area contributed by atoms with E-state index in [1.54, 1.807) is 24.3 Å². The quantitative estimate of drug-likeness (QED) is 0.654. The summed E-state index contributed by atoms with van der Waals surface area (Å²) in [5.41, 5.74) is 7.78. The van der Waals surface area contributed by atoms with Crippen molar-refractivity contribution < 1.29 is 9.13 Å². The summed E-state index contributed by atoms with van der Waals surface area (Å²) >= 11 is 0. The van der Waals surface area contributed by atoms with E-state index < -0.39 is 0 Å². The third-order valence-corrected chi connectivity index (χ3v) is 2.87. The molecule has 2 aromatic carbocycles. The van der Waals surface area contributed by atoms with Crippen LogP contribution in [-0.2, 0) is 6.61 Å². The largest absolute Gasteiger partial charge is 0.488 e. The Morgan fingerprint density at radius 2 is 2.00 bits per heavy atom. The minimum absolute atomic E-state index is 0.0357. The van der Waals surface area contributed by atoms with Gasteiger partial charge in [-0.25, -0.2) is 4.39 Å². The van der Waals surface area contributed by atoms with Crippen molar-refractivity contribution in [1.82, 2.24) is 0 Å². The molecular weight excluding hydrogens is 243 g/mol. The Bertz CT molecular complexity index is 611. The monoisotopic (exact) mass is 258 g/mol. The van der Waals surface area contributed by atoms with Crippen LogP contribution in [0, 0.1) is 18.2 Å². The molecule has 3 N–H and O–H groups in total. The SMILES string of the molecule is Cc1cc(F)ccc1COc1ccccc1C(=N)N. The molecule has 0 heterocycles. The zero-order chi connectivity index (χ0) is 13.8. The molecule has 2 aromatic rings. The summed E-state index contributed by atoms with van der Waals surface area (Å²) in [6.45, 7) is 2.15. The Balaban J connectivity index is 2.17. The standard InChI is InChI=1S/C15H15FN2O/c1-10-8-12(16)7-6-11(10)9-19-14-5-3-2-4-13(14)15(17)18/h2-8H,9H2,1H3,(H3,17,18). The van der Waals surface area contributed by atoms with Gasteiger partial charge in [0.2, 0.25) is 0 Å². The first-order valence-corrected chi connectivity index (χ1v) is 5.89. The summed E-state index contributed by atoms with van der Waals surface area (Å²) in [4.78, 5) is 0. The van der Waals surface area contributed by atoms with Gasteiger partial charge < -0.3 is 10.5 Å². The first-order chi connectivity index (χ1) is 9.08. The number of rotatable bonds is 4. The highest BCUT2D eigenvalue weighted by molar-refractivity contribution is 5.97. The van der Waals surface area contributed by atoms with Crippen LogP contribution in [-0.4, -0.2) is 5.84 Å². The summed E-state index contributed by atoms with van der Waals surface area (Å²) in [6.07, 6.45) is 0. The number of para-hydroxylation sites is 1. The van der Waals surface area contributed by atoms with Crippen molar-refractivity contribution in [1.29, 1.82) is 5.41 Å². The van der Waals surface area contributed by atoms with E-state index in [1.165, 1.54) is 12.1 Å². The Kier molecular flexibility index (Phi) is 3.80. The number of benzene rings is 2. The second-order valence-electron chi connectivity index (χ2n) is 4.27. The van der Waals surface area contributed by atoms with Crippen LogP contribution in [0.3, 0.4) is 0 Å². The molecule has 0 saturated carbocycles. The van der Waals surface area contributed by atoms with Gasteiger partial charge in [0.05, 0.1) is 5.56 Å². The number of ether oxygens (including phenoxy) is 1. The second-order valence-corrected chi connectivity index (χ2v) is 4.27. The number of hydrogen-bond acceptors (Lipinski definition) is 2. The van der Waals surface area contributed by atoms with Gasteiger partial charge in [-0.15, -0.1) is 0 Å². The van der Waals surface area contributed by atoms with Gasteiger partial charge in [-0.2, -0.15) is 0 Å². The molecule has 0 radical (unpaired) electrons. The maximum Gasteiger partial charge on any atom is 0.130 e. The molecule has 0 spiro atoms. The lowest BCUT2D eigenvalue weighted by atomic mass is 10.1. The highest BCUT2D eigenvalue weighted by atomic mass is 19.1. The molecule has 19 heavy (non-hydrogen) atoms. The smallest absolute Gasteiger partial charge is 0.130 e. The molecule has 0 saturated heterocycles. The van der Waals surface area contributed by atoms with E-state index in [0.29, 0.717) is 17.9 Å². The number of aryl methyl sites for hydroxylation is 1. The van der Waals surface area contributed by atoms with Gasteiger partial charge in [-0.05, 0) is 42.3 Å². The van der Waals surface area contributed by atoms with Crippen molar-refractivity contribution in [3.63, 3.8) is 0 Å². The predicted octanol–water partition coefficient (Wildman–Crippen LogP) is 3.00. The van der Waals surface area contributed by atoms with E-state index in [9.17, 15) is 4.39 Å². The molecular formula is C15H15FN2O. The van der Waals surface area contributed by atoms with E-state index in [2.05, 4.69) is 0 Å². The Labute approximate surface area is 111 Å². The van der Waals surface area contributed by atoms with Gasteiger partial charge in [0.15, 0.2) is 0 Å². The molecule has 0 aliphatic heterocycles. The Morgan fingerprint density at radius 3 is 2.68 bits per heavy atom. The van der Waals surface area contributed by atoms with E-state index >= 15 is 0 Å². The molecule has 0 bridgehead atoms. The number of hydrogen-bond donors (Lipinski definition) is 2. The lowest BCUT2D eigenvalue weighted by molar-refractivity contribution is 0.304. The highest BCUT2D eigenvalue weighted by Gasteiger charge is 2.07. The Morgan fingerprint density at radius 1 is 1.26 bits per heavy atom. The fourth-order valence-corrected chi connectivity index (χ4v) is 1.79. The highest BCUT2D eigenvalue weighted by Crippen LogP contribution is 2.20. The average Bonchev–Trinajstić information content (AvgIpc) is 2.38. The van der Waals surface area contributed by atoms with Crippen LogP contribution in [0.15, 0.2) is 42.5 Å². The molecule has 98 valence electrons. The van der Waals surface area contributed by atoms with Crippen LogP contribution in [0.25, 0.3) is 0 Å². The number of nitrogen functional groups attached to an aromatic ring is 1. The number of nitrogens with one attached hydrogen (secondary N) is 1. The first-order valence-electron chi connectivity index (χ1n) is 5.89. The lowest BCUT2D eigenvalue weighted by Gasteiger charge is -2.12. The van der Waals surface area contributed by atoms with Crippen molar-refractivity contribution in [2.45, 2.75) is 13.5 Å². The van der Waals surface area contributed by atoms with Gasteiger partial charge in [-0.1, -0.05) is 18.2 Å². The average molecular weight is 258 g/mol. The summed E-state index contributed by atoms with van der Waals surface area (Å²) in [5.74, 6) is 0.260. The number of halogens is 1. The molecule has 0 amide bonds. The zero-order valence-corrected chi connectivity index (χ0v) is 10.6. The van der Waals surface area contributed by atoms with Gasteiger partial charge in [0.1, 0.15) is 24.0 Å². The van der Waals surface area contributed by atoms with Gasteiger partial charge in [-0.3, -0.25) is 5.41 Å². The van der Waals surface area contributed by atoms with E-state index in [-0.39, 0.29) is 11.7 Å². The normalized spacial score (nSPS) is 10.2. The summed E-state index contributed by atoms with van der Waals surface area (Å²) in [6, 6.07) is 11.7. The van der Waals surface area contributed by atoms with E-state index in [4.69, 9.17) is 15.9 Å². The van der Waals surface area contributed by atoms with Crippen LogP contribution in [0.5, 0.6) is 5.75 Å². The summed E-state index contributed by atoms with van der Waals surface area (Å²) < 4.78 is 18.7. The fourth-order valence-electron chi connectivity index (χ4n) is 1.79. The minimum Gasteiger partial charge on any atom is -0.488 e. The molecule has 0 aliphatic carbocycles. The summed E-state index contributed by atoms with van der Waals surface area (Å²) in [7, 11) is 0. The van der Waals surface area contributed by atoms with E-state index in [1.807, 2.05) is 13.0 Å². The molecule has 0 aromatic heterocycles. The number of amidine groups is 1. The van der Waals surface area contributed by atoms with Crippen LogP contribution in [0.4, 0.5) is 4.39 Å². The molecule has 0 unspecified atom stereocenters. The van der Waals surface area contributed by atoms with Crippen molar-refractivity contribution in [3.8, 4) is 5.75 Å². The molecule has 0 fully saturated rings. The maximum absolute atomic E-state index is 13.0. The fraction of sp³-hybridized carbons (Fsp3) is 0.133. The molecule has 0 aliphatic rings. The first kappa shape index (κ1) is 13.1. The summed E-state index contributed by atoms with van der Waals surface area (Å²) in [5, 5.41) is 7.48. The molecule has 3 nitrogen and oxygen atoms in total. The molecule has 2 rings (SSSR count). The second kappa shape index (κ2) is 5.52. The van der Waals surface area contributed by atoms with Crippen LogP contribution in [0.1, 0.15) is 16.7 Å². The molecule has 4 heteroatoms. The van der Waals surface area contributed by atoms with Crippen molar-refractivity contribution >= 4 is 5.84 Å². The number of nitrogens with two attached hydrogens (primary N) is 1. The topological polar surface area (TPSA) is 59.1 Å². The Hall–Kier alpha value is -2.36. The van der Waals surface area contributed by atoms with Gasteiger partial charge in [0, 0.05) is 0 Å². The van der Waals surface area contributed by atoms with Crippen LogP contribution >= 0.6 is 0 Å². The third kappa shape index (κ3) is 3.10. The van der Waals surface area contributed by atoms with Gasteiger partial charge >= 0.3 is 0 Å². The van der Waals surface area contributed by atoms with Gasteiger partial charge in [0.25, 0.3) is 0 Å².